The molecule has 6 nitrogen and oxygen atoms in total. The second-order valence-electron chi connectivity index (χ2n) is 6.65. The maximum atomic E-state index is 13.1. The van der Waals surface area contributed by atoms with Gasteiger partial charge in [0.15, 0.2) is 5.96 Å². The van der Waals surface area contributed by atoms with Crippen molar-refractivity contribution in [2.45, 2.75) is 19.8 Å². The first-order chi connectivity index (χ1) is 14.7. The van der Waals surface area contributed by atoms with E-state index in [9.17, 15) is 4.39 Å². The number of ether oxygens (including phenoxy) is 1. The maximum Gasteiger partial charge on any atom is 0.226 e. The number of aliphatic imine (C=N–C) groups is 1. The van der Waals surface area contributed by atoms with Crippen molar-refractivity contribution >= 4 is 5.96 Å². The van der Waals surface area contributed by atoms with E-state index in [1.54, 1.807) is 25.5 Å². The highest BCUT2D eigenvalue weighted by atomic mass is 19.1. The third-order valence-electron chi connectivity index (χ3n) is 4.50. The van der Waals surface area contributed by atoms with E-state index in [1.165, 1.54) is 12.1 Å². The molecule has 0 radical (unpaired) electrons. The number of nitrogens with zero attached hydrogens (tertiary/aromatic N) is 2. The first kappa shape index (κ1) is 21.4. The summed E-state index contributed by atoms with van der Waals surface area (Å²) in [5, 5.41) is 6.60. The van der Waals surface area contributed by atoms with Gasteiger partial charge in [0, 0.05) is 31.6 Å². The monoisotopic (exact) mass is 410 g/mol. The van der Waals surface area contributed by atoms with Crippen molar-refractivity contribution in [2.75, 3.05) is 26.7 Å². The summed E-state index contributed by atoms with van der Waals surface area (Å²) in [5.41, 5.74) is 2.71. The highest BCUT2D eigenvalue weighted by Crippen LogP contribution is 2.19. The third kappa shape index (κ3) is 6.07. The average Bonchev–Trinajstić information content (AvgIpc) is 3.23. The number of methoxy groups -OCH3 is 1. The molecule has 0 bridgehead atoms. The Labute approximate surface area is 176 Å². The first-order valence-corrected chi connectivity index (χ1v) is 10.0. The lowest BCUT2D eigenvalue weighted by molar-refractivity contribution is 0.409. The number of halogens is 1. The van der Waals surface area contributed by atoms with E-state index in [1.807, 2.05) is 25.1 Å². The SMILES string of the molecule is CCNC(=NCCc1coc(-c2ccc(F)cc2)n1)NCCc1ccccc1OC. The lowest BCUT2D eigenvalue weighted by Crippen LogP contribution is -2.38. The zero-order chi connectivity index (χ0) is 21.2. The van der Waals surface area contributed by atoms with Gasteiger partial charge in [-0.15, -0.1) is 0 Å². The molecule has 0 saturated carbocycles. The number of benzene rings is 2. The van der Waals surface area contributed by atoms with Crippen LogP contribution < -0.4 is 15.4 Å². The zero-order valence-corrected chi connectivity index (χ0v) is 17.3. The molecule has 3 aromatic rings. The van der Waals surface area contributed by atoms with E-state index >= 15 is 0 Å². The van der Waals surface area contributed by atoms with Crippen molar-refractivity contribution in [2.24, 2.45) is 4.99 Å². The molecule has 1 heterocycles. The molecule has 2 N–H and O–H groups in total. The lowest BCUT2D eigenvalue weighted by atomic mass is 10.1. The number of hydrogen-bond donors (Lipinski definition) is 2. The minimum absolute atomic E-state index is 0.283. The molecule has 0 aliphatic carbocycles. The van der Waals surface area contributed by atoms with Crippen LogP contribution in [0.5, 0.6) is 5.75 Å². The van der Waals surface area contributed by atoms with Crippen LogP contribution in [-0.4, -0.2) is 37.7 Å². The molecule has 0 spiro atoms. The molecular weight excluding hydrogens is 383 g/mol. The van der Waals surface area contributed by atoms with Crippen LogP contribution in [0, 0.1) is 5.82 Å². The van der Waals surface area contributed by atoms with Crippen molar-refractivity contribution < 1.29 is 13.5 Å². The Bertz CT molecular complexity index is 954. The Balaban J connectivity index is 1.51. The normalized spacial score (nSPS) is 11.4. The molecule has 0 fully saturated rings. The Morgan fingerprint density at radius 3 is 2.67 bits per heavy atom. The van der Waals surface area contributed by atoms with Crippen molar-refractivity contribution in [3.05, 3.63) is 71.9 Å². The molecule has 7 heteroatoms. The molecule has 0 saturated heterocycles. The molecule has 30 heavy (non-hydrogen) atoms. The van der Waals surface area contributed by atoms with Gasteiger partial charge in [0.1, 0.15) is 17.8 Å². The maximum absolute atomic E-state index is 13.1. The van der Waals surface area contributed by atoms with Crippen LogP contribution >= 0.6 is 0 Å². The van der Waals surface area contributed by atoms with Gasteiger partial charge in [-0.1, -0.05) is 18.2 Å². The van der Waals surface area contributed by atoms with Crippen molar-refractivity contribution in [1.29, 1.82) is 0 Å². The van der Waals surface area contributed by atoms with Gasteiger partial charge in [-0.3, -0.25) is 4.99 Å². The summed E-state index contributed by atoms with van der Waals surface area (Å²) in [4.78, 5) is 9.07. The number of oxazole rings is 1. The van der Waals surface area contributed by atoms with Crippen LogP contribution in [0.3, 0.4) is 0 Å². The van der Waals surface area contributed by atoms with E-state index in [0.29, 0.717) is 18.9 Å². The van der Waals surface area contributed by atoms with E-state index in [4.69, 9.17) is 9.15 Å². The standard InChI is InChI=1S/C23H27FN4O2/c1-3-25-23(26-14-12-17-6-4-5-7-21(17)29-2)27-15-13-20-16-30-22(28-20)18-8-10-19(24)11-9-18/h4-11,16H,3,12-15H2,1-2H3,(H2,25,26,27). The fourth-order valence-corrected chi connectivity index (χ4v) is 3.00. The Morgan fingerprint density at radius 1 is 1.10 bits per heavy atom. The highest BCUT2D eigenvalue weighted by molar-refractivity contribution is 5.79. The fraction of sp³-hybridized carbons (Fsp3) is 0.304. The Morgan fingerprint density at radius 2 is 1.90 bits per heavy atom. The Hall–Kier alpha value is -3.35. The van der Waals surface area contributed by atoms with Crippen LogP contribution in [0.2, 0.25) is 0 Å². The van der Waals surface area contributed by atoms with Crippen LogP contribution in [0.4, 0.5) is 4.39 Å². The molecule has 0 aliphatic rings. The van der Waals surface area contributed by atoms with E-state index in [-0.39, 0.29) is 5.82 Å². The molecule has 3 rings (SSSR count). The summed E-state index contributed by atoms with van der Waals surface area (Å²) in [6.45, 7) is 4.12. The molecule has 0 unspecified atom stereocenters. The molecule has 2 aromatic carbocycles. The van der Waals surface area contributed by atoms with Gasteiger partial charge in [-0.2, -0.15) is 0 Å². The quantitative estimate of drug-likeness (QED) is 0.414. The van der Waals surface area contributed by atoms with Crippen LogP contribution in [0.1, 0.15) is 18.2 Å². The van der Waals surface area contributed by atoms with Crippen LogP contribution in [0.25, 0.3) is 11.5 Å². The van der Waals surface area contributed by atoms with Crippen molar-refractivity contribution in [1.82, 2.24) is 15.6 Å². The minimum Gasteiger partial charge on any atom is -0.496 e. The van der Waals surface area contributed by atoms with Crippen LogP contribution in [-0.2, 0) is 12.8 Å². The minimum atomic E-state index is -0.283. The number of hydrogen-bond acceptors (Lipinski definition) is 4. The predicted octanol–water partition coefficient (Wildman–Crippen LogP) is 3.83. The topological polar surface area (TPSA) is 71.7 Å². The van der Waals surface area contributed by atoms with Gasteiger partial charge in [0.25, 0.3) is 0 Å². The average molecular weight is 410 g/mol. The smallest absolute Gasteiger partial charge is 0.226 e. The van der Waals surface area contributed by atoms with Gasteiger partial charge in [0.05, 0.1) is 12.8 Å². The number of para-hydroxylation sites is 1. The second-order valence-corrected chi connectivity index (χ2v) is 6.65. The molecule has 0 aliphatic heterocycles. The van der Waals surface area contributed by atoms with E-state index in [2.05, 4.69) is 26.7 Å². The third-order valence-corrected chi connectivity index (χ3v) is 4.50. The van der Waals surface area contributed by atoms with E-state index in [0.717, 1.165) is 48.0 Å². The second kappa shape index (κ2) is 11.0. The molecule has 0 amide bonds. The Kier molecular flexibility index (Phi) is 7.83. The predicted molar refractivity (Wildman–Crippen MR) is 116 cm³/mol. The largest absolute Gasteiger partial charge is 0.496 e. The van der Waals surface area contributed by atoms with Crippen molar-refractivity contribution in [3.63, 3.8) is 0 Å². The number of rotatable bonds is 9. The fourth-order valence-electron chi connectivity index (χ4n) is 3.00. The van der Waals surface area contributed by atoms with Gasteiger partial charge in [0.2, 0.25) is 5.89 Å². The van der Waals surface area contributed by atoms with Gasteiger partial charge < -0.3 is 19.8 Å². The lowest BCUT2D eigenvalue weighted by Gasteiger charge is -2.12. The summed E-state index contributed by atoms with van der Waals surface area (Å²) >= 11 is 0. The number of nitrogens with one attached hydrogen (secondary N) is 2. The van der Waals surface area contributed by atoms with Gasteiger partial charge >= 0.3 is 0 Å². The molecule has 1 aromatic heterocycles. The van der Waals surface area contributed by atoms with Gasteiger partial charge in [-0.05, 0) is 49.2 Å². The summed E-state index contributed by atoms with van der Waals surface area (Å²) in [5.74, 6) is 1.85. The summed E-state index contributed by atoms with van der Waals surface area (Å²) < 4.78 is 24.0. The summed E-state index contributed by atoms with van der Waals surface area (Å²) in [6, 6.07) is 14.1. The number of aromatic nitrogens is 1. The summed E-state index contributed by atoms with van der Waals surface area (Å²) in [6.07, 6.45) is 3.10. The first-order valence-electron chi connectivity index (χ1n) is 10.0. The summed E-state index contributed by atoms with van der Waals surface area (Å²) in [7, 11) is 1.68. The molecular formula is C23H27FN4O2. The zero-order valence-electron chi connectivity index (χ0n) is 17.3. The van der Waals surface area contributed by atoms with Crippen molar-refractivity contribution in [3.8, 4) is 17.2 Å². The highest BCUT2D eigenvalue weighted by Gasteiger charge is 2.07. The molecule has 0 atom stereocenters. The van der Waals surface area contributed by atoms with E-state index < -0.39 is 0 Å². The van der Waals surface area contributed by atoms with Crippen LogP contribution in [0.15, 0.2) is 64.2 Å². The molecule has 158 valence electrons. The van der Waals surface area contributed by atoms with Gasteiger partial charge in [-0.25, -0.2) is 9.37 Å². The number of guanidine groups is 1.